The van der Waals surface area contributed by atoms with Crippen molar-refractivity contribution in [1.82, 2.24) is 14.9 Å². The first-order valence-electron chi connectivity index (χ1n) is 11.4. The van der Waals surface area contributed by atoms with Gasteiger partial charge in [0.05, 0.1) is 11.1 Å². The summed E-state index contributed by atoms with van der Waals surface area (Å²) in [5.41, 5.74) is 6.37. The average molecular weight is 446 g/mol. The van der Waals surface area contributed by atoms with Gasteiger partial charge in [-0.1, -0.05) is 18.0 Å². The minimum Gasteiger partial charge on any atom is -0.395 e. The number of carbonyl (C=O) groups excluding carboxylic acids is 2. The van der Waals surface area contributed by atoms with Gasteiger partial charge in [-0.3, -0.25) is 9.59 Å². The van der Waals surface area contributed by atoms with E-state index in [1.807, 2.05) is 0 Å². The molecule has 4 rings (SSSR count). The molecule has 2 heterocycles. The lowest BCUT2D eigenvalue weighted by Crippen LogP contribution is -2.45. The van der Waals surface area contributed by atoms with E-state index < -0.39 is 5.41 Å². The summed E-state index contributed by atoms with van der Waals surface area (Å²) in [5.74, 6) is 0.976. The van der Waals surface area contributed by atoms with Crippen molar-refractivity contribution < 1.29 is 9.59 Å². The number of halogens is 1. The Morgan fingerprint density at radius 2 is 1.90 bits per heavy atom. The normalized spacial score (nSPS) is 29.9. The van der Waals surface area contributed by atoms with Gasteiger partial charge in [0.2, 0.25) is 0 Å². The molecule has 168 valence electrons. The van der Waals surface area contributed by atoms with E-state index in [2.05, 4.69) is 28.8 Å². The van der Waals surface area contributed by atoms with E-state index in [-0.39, 0.29) is 29.1 Å². The number of aromatic nitrogens is 2. The third-order valence-electron chi connectivity index (χ3n) is 7.12. The molecule has 7 nitrogen and oxygen atoms in total. The lowest BCUT2D eigenvalue weighted by Gasteiger charge is -2.38. The zero-order valence-corrected chi connectivity index (χ0v) is 19.2. The molecule has 0 bridgehead atoms. The fraction of sp³-hybridized carbons (Fsp3) is 0.652. The number of likely N-dealkylation sites (N-methyl/N-ethyl adjacent to an activating group) is 1. The van der Waals surface area contributed by atoms with E-state index in [1.165, 1.54) is 0 Å². The van der Waals surface area contributed by atoms with Crippen molar-refractivity contribution in [3.8, 4) is 0 Å². The number of ketones is 2. The molecule has 0 amide bonds. The molecule has 1 aliphatic heterocycles. The van der Waals surface area contributed by atoms with Crippen molar-refractivity contribution in [1.29, 1.82) is 0 Å². The number of nitrogens with zero attached hydrogens (tertiary/aromatic N) is 4. The van der Waals surface area contributed by atoms with Crippen LogP contribution in [-0.2, 0) is 9.59 Å². The number of hydrogen-bond acceptors (Lipinski definition) is 7. The van der Waals surface area contributed by atoms with Crippen LogP contribution in [0.15, 0.2) is 11.6 Å². The van der Waals surface area contributed by atoms with Gasteiger partial charge in [0.25, 0.3) is 0 Å². The van der Waals surface area contributed by atoms with Crippen LogP contribution in [-0.4, -0.2) is 59.2 Å². The van der Waals surface area contributed by atoms with Crippen LogP contribution in [0.4, 0.5) is 5.82 Å². The number of anilines is 1. The van der Waals surface area contributed by atoms with E-state index in [1.54, 1.807) is 6.07 Å². The van der Waals surface area contributed by atoms with E-state index in [9.17, 15) is 9.59 Å². The zero-order chi connectivity index (χ0) is 22.2. The molecule has 1 spiro atoms. The molecule has 3 aliphatic rings. The molecule has 1 aromatic heterocycles. The van der Waals surface area contributed by atoms with Gasteiger partial charge in [0, 0.05) is 37.2 Å². The second kappa shape index (κ2) is 8.87. The van der Waals surface area contributed by atoms with Crippen LogP contribution in [0.1, 0.15) is 64.1 Å². The van der Waals surface area contributed by atoms with Crippen molar-refractivity contribution in [2.24, 2.45) is 11.1 Å². The van der Waals surface area contributed by atoms with Crippen LogP contribution in [0.3, 0.4) is 0 Å². The topological polar surface area (TPSA) is 92.4 Å². The third-order valence-corrected chi connectivity index (χ3v) is 7.31. The fourth-order valence-electron chi connectivity index (χ4n) is 5.46. The van der Waals surface area contributed by atoms with Crippen LogP contribution < -0.4 is 10.6 Å². The summed E-state index contributed by atoms with van der Waals surface area (Å²) in [4.78, 5) is 39.8. The maximum absolute atomic E-state index is 13.5. The minimum absolute atomic E-state index is 0.0731. The lowest BCUT2D eigenvalue weighted by molar-refractivity contribution is -0.143. The van der Waals surface area contributed by atoms with Gasteiger partial charge in [-0.25, -0.2) is 9.97 Å². The minimum atomic E-state index is -0.887. The van der Waals surface area contributed by atoms with Crippen LogP contribution in [0.25, 0.3) is 5.70 Å². The molecule has 0 unspecified atom stereocenters. The first-order chi connectivity index (χ1) is 14.8. The summed E-state index contributed by atoms with van der Waals surface area (Å²) in [7, 11) is 2.12. The molecule has 2 N–H and O–H groups in total. The highest BCUT2D eigenvalue weighted by atomic mass is 35.5. The van der Waals surface area contributed by atoms with Crippen LogP contribution in [0, 0.1) is 5.41 Å². The van der Waals surface area contributed by atoms with Gasteiger partial charge >= 0.3 is 0 Å². The van der Waals surface area contributed by atoms with Crippen molar-refractivity contribution in [2.45, 2.75) is 64.3 Å². The number of carbonyl (C=O) groups is 2. The highest BCUT2D eigenvalue weighted by Gasteiger charge is 2.49. The maximum Gasteiger partial charge on any atom is 0.179 e. The number of Topliss-reactive ketones (excluding diaryl/α,β-unsaturated/α-hetero) is 2. The SMILES string of the molecule is C[C@H]1CN(C)CCCN1c1cc(Cl)nc(C(N)=C2CCC[C@@]3(CCCCC3=O)C2=O)n1. The van der Waals surface area contributed by atoms with Crippen molar-refractivity contribution in [2.75, 3.05) is 31.6 Å². The smallest absolute Gasteiger partial charge is 0.179 e. The molecule has 2 saturated carbocycles. The molecular formula is C23H32ClN5O2. The molecule has 8 heteroatoms. The Morgan fingerprint density at radius 1 is 1.13 bits per heavy atom. The number of rotatable bonds is 2. The number of allylic oxidation sites excluding steroid dienone is 1. The molecule has 2 atom stereocenters. The second-order valence-corrected chi connectivity index (χ2v) is 9.71. The largest absolute Gasteiger partial charge is 0.395 e. The Hall–Kier alpha value is -1.99. The molecule has 0 radical (unpaired) electrons. The van der Waals surface area contributed by atoms with Crippen molar-refractivity contribution in [3.63, 3.8) is 0 Å². The average Bonchev–Trinajstić information content (AvgIpc) is 2.90. The molecular weight excluding hydrogens is 414 g/mol. The zero-order valence-electron chi connectivity index (χ0n) is 18.5. The summed E-state index contributed by atoms with van der Waals surface area (Å²) in [5, 5.41) is 0.306. The summed E-state index contributed by atoms with van der Waals surface area (Å²) in [6, 6.07) is 2.03. The molecule has 0 aromatic carbocycles. The third kappa shape index (κ3) is 4.22. The van der Waals surface area contributed by atoms with E-state index in [4.69, 9.17) is 22.3 Å². The Bertz CT molecular complexity index is 913. The van der Waals surface area contributed by atoms with E-state index >= 15 is 0 Å². The van der Waals surface area contributed by atoms with Gasteiger partial charge in [-0.2, -0.15) is 0 Å². The van der Waals surface area contributed by atoms with E-state index in [0.717, 1.165) is 51.1 Å². The Kier molecular flexibility index (Phi) is 6.35. The Balaban J connectivity index is 1.69. The maximum atomic E-state index is 13.5. The highest BCUT2D eigenvalue weighted by Crippen LogP contribution is 2.45. The molecule has 2 aliphatic carbocycles. The van der Waals surface area contributed by atoms with Gasteiger partial charge in [-0.05, 0) is 59.0 Å². The quantitative estimate of drug-likeness (QED) is 0.424. The Morgan fingerprint density at radius 3 is 2.68 bits per heavy atom. The first-order valence-corrected chi connectivity index (χ1v) is 11.8. The summed E-state index contributed by atoms with van der Waals surface area (Å²) < 4.78 is 0. The highest BCUT2D eigenvalue weighted by molar-refractivity contribution is 6.29. The lowest BCUT2D eigenvalue weighted by atomic mass is 9.62. The van der Waals surface area contributed by atoms with Crippen molar-refractivity contribution >= 4 is 34.7 Å². The first kappa shape index (κ1) is 22.2. The van der Waals surface area contributed by atoms with Crippen LogP contribution >= 0.6 is 11.6 Å². The monoisotopic (exact) mass is 445 g/mol. The number of nitrogens with two attached hydrogens (primary N) is 1. The van der Waals surface area contributed by atoms with E-state index in [0.29, 0.717) is 36.4 Å². The van der Waals surface area contributed by atoms with Gasteiger partial charge in [0.15, 0.2) is 11.6 Å². The Labute approximate surface area is 189 Å². The van der Waals surface area contributed by atoms with Crippen molar-refractivity contribution in [3.05, 3.63) is 22.6 Å². The van der Waals surface area contributed by atoms with Crippen LogP contribution in [0.2, 0.25) is 5.15 Å². The predicted octanol–water partition coefficient (Wildman–Crippen LogP) is 3.21. The van der Waals surface area contributed by atoms with Gasteiger partial charge in [-0.15, -0.1) is 0 Å². The second-order valence-electron chi connectivity index (χ2n) is 9.32. The standard InChI is InChI=1S/C23H32ClN5O2/c1-15-14-28(2)11-6-12-29(15)19-13-18(24)26-22(27-19)20(25)16-7-5-10-23(21(16)31)9-4-3-8-17(23)30/h13,15H,3-12,14,25H2,1-2H3/t15-,23+/m0/s1. The molecule has 3 fully saturated rings. The van der Waals surface area contributed by atoms with Gasteiger partial charge < -0.3 is 15.5 Å². The predicted molar refractivity (Wildman–Crippen MR) is 122 cm³/mol. The number of hydrogen-bond donors (Lipinski definition) is 1. The summed E-state index contributed by atoms with van der Waals surface area (Å²) in [6.07, 6.45) is 5.86. The van der Waals surface area contributed by atoms with Crippen LogP contribution in [0.5, 0.6) is 0 Å². The fourth-order valence-corrected chi connectivity index (χ4v) is 5.63. The molecule has 31 heavy (non-hydrogen) atoms. The molecule has 1 saturated heterocycles. The summed E-state index contributed by atoms with van der Waals surface area (Å²) >= 11 is 6.37. The van der Waals surface area contributed by atoms with Gasteiger partial charge in [0.1, 0.15) is 16.8 Å². The molecule has 1 aromatic rings. The summed E-state index contributed by atoms with van der Waals surface area (Å²) in [6.45, 7) is 4.99.